The lowest BCUT2D eigenvalue weighted by molar-refractivity contribution is 0.0696. The van der Waals surface area contributed by atoms with E-state index < -0.39 is 16.0 Å². The van der Waals surface area contributed by atoms with E-state index in [2.05, 4.69) is 27.2 Å². The lowest BCUT2D eigenvalue weighted by Gasteiger charge is -2.09. The molecule has 0 fully saturated rings. The third-order valence-electron chi connectivity index (χ3n) is 2.36. The van der Waals surface area contributed by atoms with Gasteiger partial charge >= 0.3 is 5.97 Å². The summed E-state index contributed by atoms with van der Waals surface area (Å²) in [4.78, 5) is 10.8. The van der Waals surface area contributed by atoms with Crippen molar-refractivity contribution in [3.8, 4) is 0 Å². The fraction of sp³-hybridized carbons (Fsp3) is 0.308. The highest BCUT2D eigenvalue weighted by molar-refractivity contribution is 9.10. The Bertz CT molecular complexity index is 642. The van der Waals surface area contributed by atoms with E-state index in [1.54, 1.807) is 0 Å². The molecule has 1 aromatic carbocycles. The van der Waals surface area contributed by atoms with Crippen LogP contribution in [0.2, 0.25) is 0 Å². The third kappa shape index (κ3) is 5.58. The molecular formula is C13H16BrNO5S. The molecule has 0 radical (unpaired) electrons. The molecule has 0 amide bonds. The zero-order valence-corrected chi connectivity index (χ0v) is 13.8. The van der Waals surface area contributed by atoms with Gasteiger partial charge in [-0.1, -0.05) is 12.2 Å². The average molecular weight is 378 g/mol. The van der Waals surface area contributed by atoms with Crippen molar-refractivity contribution in [1.29, 1.82) is 0 Å². The molecule has 0 aliphatic carbocycles. The van der Waals surface area contributed by atoms with Crippen molar-refractivity contribution in [2.24, 2.45) is 0 Å². The zero-order chi connectivity index (χ0) is 16.0. The first-order chi connectivity index (χ1) is 9.74. The minimum Gasteiger partial charge on any atom is -0.478 e. The SMILES string of the molecule is C=C(C)COCCNS(=O)(=O)c1ccc(C(=O)O)cc1Br. The predicted octanol–water partition coefficient (Wildman–Crippen LogP) is 2.02. The maximum absolute atomic E-state index is 12.1. The summed E-state index contributed by atoms with van der Waals surface area (Å²) in [6, 6.07) is 3.72. The molecule has 2 N–H and O–H groups in total. The second-order valence-electron chi connectivity index (χ2n) is 4.36. The molecule has 0 heterocycles. The lowest BCUT2D eigenvalue weighted by Crippen LogP contribution is -2.28. The Labute approximate surface area is 132 Å². The topological polar surface area (TPSA) is 92.7 Å². The van der Waals surface area contributed by atoms with E-state index in [0.717, 1.165) is 5.57 Å². The summed E-state index contributed by atoms with van der Waals surface area (Å²) >= 11 is 3.07. The van der Waals surface area contributed by atoms with Crippen molar-refractivity contribution in [2.45, 2.75) is 11.8 Å². The molecule has 0 bridgehead atoms. The summed E-state index contributed by atoms with van der Waals surface area (Å²) in [6.07, 6.45) is 0. The molecule has 116 valence electrons. The van der Waals surface area contributed by atoms with Gasteiger partial charge in [-0.05, 0) is 41.1 Å². The number of carboxylic acid groups (broad SMARTS) is 1. The first-order valence-electron chi connectivity index (χ1n) is 5.98. The average Bonchev–Trinajstić information content (AvgIpc) is 2.37. The molecule has 1 rings (SSSR count). The van der Waals surface area contributed by atoms with Gasteiger partial charge in [0.25, 0.3) is 0 Å². The monoisotopic (exact) mass is 377 g/mol. The van der Waals surface area contributed by atoms with Gasteiger partial charge in [-0.15, -0.1) is 0 Å². The van der Waals surface area contributed by atoms with Crippen LogP contribution in [0.25, 0.3) is 0 Å². The van der Waals surface area contributed by atoms with Crippen LogP contribution in [0.1, 0.15) is 17.3 Å². The van der Waals surface area contributed by atoms with Crippen LogP contribution >= 0.6 is 15.9 Å². The summed E-state index contributed by atoms with van der Waals surface area (Å²) in [6.45, 7) is 6.18. The molecule has 21 heavy (non-hydrogen) atoms. The summed E-state index contributed by atoms with van der Waals surface area (Å²) in [5, 5.41) is 8.84. The largest absolute Gasteiger partial charge is 0.478 e. The van der Waals surface area contributed by atoms with Gasteiger partial charge in [-0.2, -0.15) is 0 Å². The van der Waals surface area contributed by atoms with Crippen molar-refractivity contribution in [3.63, 3.8) is 0 Å². The number of nitrogens with one attached hydrogen (secondary N) is 1. The predicted molar refractivity (Wildman–Crippen MR) is 81.9 cm³/mol. The van der Waals surface area contributed by atoms with Gasteiger partial charge in [-0.25, -0.2) is 17.9 Å². The Balaban J connectivity index is 2.70. The van der Waals surface area contributed by atoms with E-state index in [1.165, 1.54) is 18.2 Å². The number of halogens is 1. The van der Waals surface area contributed by atoms with Crippen LogP contribution in [-0.2, 0) is 14.8 Å². The standard InChI is InChI=1S/C13H16BrNO5S/c1-9(2)8-20-6-5-15-21(18,19)12-4-3-10(13(16)17)7-11(12)14/h3-4,7,15H,1,5-6,8H2,2H3,(H,16,17). The van der Waals surface area contributed by atoms with Gasteiger partial charge in [0.1, 0.15) is 0 Å². The molecule has 1 aromatic rings. The van der Waals surface area contributed by atoms with E-state index in [0.29, 0.717) is 6.61 Å². The molecule has 0 aromatic heterocycles. The number of sulfonamides is 1. The molecule has 0 aliphatic rings. The Morgan fingerprint density at radius 3 is 2.67 bits per heavy atom. The van der Waals surface area contributed by atoms with Crippen LogP contribution in [0.4, 0.5) is 0 Å². The van der Waals surface area contributed by atoms with Crippen molar-refractivity contribution in [3.05, 3.63) is 40.4 Å². The number of benzene rings is 1. The molecule has 0 saturated carbocycles. The molecule has 8 heteroatoms. The summed E-state index contributed by atoms with van der Waals surface area (Å²) in [5.41, 5.74) is 0.857. The van der Waals surface area contributed by atoms with Crippen molar-refractivity contribution in [2.75, 3.05) is 19.8 Å². The number of aromatic carboxylic acids is 1. The summed E-state index contributed by atoms with van der Waals surface area (Å²) in [5.74, 6) is -1.12. The maximum Gasteiger partial charge on any atom is 0.335 e. The van der Waals surface area contributed by atoms with E-state index >= 15 is 0 Å². The van der Waals surface area contributed by atoms with Crippen LogP contribution in [0.5, 0.6) is 0 Å². The van der Waals surface area contributed by atoms with Gasteiger partial charge in [0.15, 0.2) is 0 Å². The van der Waals surface area contributed by atoms with E-state index in [9.17, 15) is 13.2 Å². The number of carbonyl (C=O) groups is 1. The van der Waals surface area contributed by atoms with Gasteiger partial charge in [0.05, 0.1) is 23.7 Å². The molecular weight excluding hydrogens is 362 g/mol. The van der Waals surface area contributed by atoms with E-state index in [4.69, 9.17) is 9.84 Å². The van der Waals surface area contributed by atoms with Crippen LogP contribution in [0, 0.1) is 0 Å². The Kier molecular flexibility index (Phi) is 6.53. The minimum atomic E-state index is -3.73. The number of hydrogen-bond acceptors (Lipinski definition) is 4. The smallest absolute Gasteiger partial charge is 0.335 e. The highest BCUT2D eigenvalue weighted by Gasteiger charge is 2.18. The van der Waals surface area contributed by atoms with Crippen molar-refractivity contribution >= 4 is 31.9 Å². The number of carboxylic acids is 1. The van der Waals surface area contributed by atoms with Crippen LogP contribution in [0.3, 0.4) is 0 Å². The Morgan fingerprint density at radius 2 is 2.14 bits per heavy atom. The van der Waals surface area contributed by atoms with Crippen LogP contribution in [0.15, 0.2) is 39.7 Å². The highest BCUT2D eigenvalue weighted by Crippen LogP contribution is 2.23. The van der Waals surface area contributed by atoms with E-state index in [1.807, 2.05) is 6.92 Å². The van der Waals surface area contributed by atoms with Crippen molar-refractivity contribution in [1.82, 2.24) is 4.72 Å². The van der Waals surface area contributed by atoms with Gasteiger partial charge in [-0.3, -0.25) is 0 Å². The highest BCUT2D eigenvalue weighted by atomic mass is 79.9. The second kappa shape index (κ2) is 7.69. The van der Waals surface area contributed by atoms with Gasteiger partial charge < -0.3 is 9.84 Å². The number of hydrogen-bond donors (Lipinski definition) is 2. The maximum atomic E-state index is 12.1. The number of ether oxygens (including phenoxy) is 1. The molecule has 0 spiro atoms. The molecule has 0 saturated heterocycles. The lowest BCUT2D eigenvalue weighted by atomic mass is 10.2. The van der Waals surface area contributed by atoms with Crippen molar-refractivity contribution < 1.29 is 23.1 Å². The quantitative estimate of drug-likeness (QED) is 0.533. The molecule has 0 aliphatic heterocycles. The summed E-state index contributed by atoms with van der Waals surface area (Å²) in [7, 11) is -3.73. The molecule has 6 nitrogen and oxygen atoms in total. The normalized spacial score (nSPS) is 11.3. The fourth-order valence-corrected chi connectivity index (χ4v) is 3.51. The number of rotatable bonds is 8. The second-order valence-corrected chi connectivity index (χ2v) is 6.95. The molecule has 0 atom stereocenters. The minimum absolute atomic E-state index is 0.00520. The first kappa shape index (κ1) is 17.8. The molecule has 0 unspecified atom stereocenters. The third-order valence-corrected chi connectivity index (χ3v) is 4.79. The van der Waals surface area contributed by atoms with Crippen LogP contribution < -0.4 is 4.72 Å². The van der Waals surface area contributed by atoms with E-state index in [-0.39, 0.29) is 28.1 Å². The first-order valence-corrected chi connectivity index (χ1v) is 8.26. The van der Waals surface area contributed by atoms with Gasteiger partial charge in [0, 0.05) is 11.0 Å². The fourth-order valence-electron chi connectivity index (χ4n) is 1.42. The van der Waals surface area contributed by atoms with Gasteiger partial charge in [0.2, 0.25) is 10.0 Å². The zero-order valence-electron chi connectivity index (χ0n) is 11.4. The summed E-state index contributed by atoms with van der Waals surface area (Å²) < 4.78 is 31.9. The Hall–Kier alpha value is -1.22. The Morgan fingerprint density at radius 1 is 1.48 bits per heavy atom. The van der Waals surface area contributed by atoms with Crippen LogP contribution in [-0.4, -0.2) is 39.3 Å².